The highest BCUT2D eigenvalue weighted by molar-refractivity contribution is 7.90. The lowest BCUT2D eigenvalue weighted by Crippen LogP contribution is -2.39. The Bertz CT molecular complexity index is 558. The fourth-order valence-corrected chi connectivity index (χ4v) is 2.28. The predicted molar refractivity (Wildman–Crippen MR) is 69.8 cm³/mol. The lowest BCUT2D eigenvalue weighted by atomic mass is 10.2. The van der Waals surface area contributed by atoms with Gasteiger partial charge in [-0.3, -0.25) is 0 Å². The van der Waals surface area contributed by atoms with Gasteiger partial charge in [-0.2, -0.15) is 0 Å². The van der Waals surface area contributed by atoms with Gasteiger partial charge in [-0.15, -0.1) is 0 Å². The minimum atomic E-state index is -4.04. The van der Waals surface area contributed by atoms with E-state index in [0.717, 1.165) is 18.9 Å². The number of hydrogen-bond acceptors (Lipinski definition) is 3. The third kappa shape index (κ3) is 4.51. The van der Waals surface area contributed by atoms with Crippen molar-refractivity contribution < 1.29 is 17.6 Å². The van der Waals surface area contributed by atoms with Gasteiger partial charge in [-0.05, 0) is 31.0 Å². The summed E-state index contributed by atoms with van der Waals surface area (Å²) >= 11 is 0. The number of carbonyl (C=O) groups is 1. The summed E-state index contributed by atoms with van der Waals surface area (Å²) in [6.07, 6.45) is 1.64. The van der Waals surface area contributed by atoms with Gasteiger partial charge in [-0.25, -0.2) is 22.3 Å². The predicted octanol–water partition coefficient (Wildman–Crippen LogP) is 1.92. The molecule has 0 bridgehead atoms. The van der Waals surface area contributed by atoms with Gasteiger partial charge in [0, 0.05) is 6.54 Å². The van der Waals surface area contributed by atoms with E-state index in [1.807, 2.05) is 11.6 Å². The number of urea groups is 1. The first kappa shape index (κ1) is 15.4. The van der Waals surface area contributed by atoms with Crippen LogP contribution in [0.4, 0.5) is 9.18 Å². The molecule has 19 heavy (non-hydrogen) atoms. The molecule has 0 aliphatic rings. The van der Waals surface area contributed by atoms with E-state index >= 15 is 0 Å². The molecule has 1 aromatic carbocycles. The van der Waals surface area contributed by atoms with Crippen LogP contribution in [0, 0.1) is 12.7 Å². The number of sulfonamides is 1. The maximum atomic E-state index is 13.3. The van der Waals surface area contributed by atoms with Gasteiger partial charge >= 0.3 is 6.03 Å². The van der Waals surface area contributed by atoms with E-state index in [-0.39, 0.29) is 4.90 Å². The molecular weight excluding hydrogens is 271 g/mol. The summed E-state index contributed by atoms with van der Waals surface area (Å²) in [7, 11) is -4.04. The average molecular weight is 288 g/mol. The molecule has 0 aliphatic carbocycles. The van der Waals surface area contributed by atoms with Crippen molar-refractivity contribution in [2.75, 3.05) is 6.54 Å². The van der Waals surface area contributed by atoms with Crippen molar-refractivity contribution in [3.63, 3.8) is 0 Å². The van der Waals surface area contributed by atoms with E-state index in [9.17, 15) is 17.6 Å². The molecule has 7 heteroatoms. The van der Waals surface area contributed by atoms with E-state index in [0.29, 0.717) is 12.1 Å². The Morgan fingerprint density at radius 1 is 1.37 bits per heavy atom. The van der Waals surface area contributed by atoms with Crippen LogP contribution in [0.5, 0.6) is 0 Å². The van der Waals surface area contributed by atoms with Crippen molar-refractivity contribution in [2.24, 2.45) is 0 Å². The molecular formula is C12H17FN2O3S. The first-order chi connectivity index (χ1) is 8.86. The number of amides is 2. The molecule has 5 nitrogen and oxygen atoms in total. The summed E-state index contributed by atoms with van der Waals surface area (Å²) in [4.78, 5) is 11.1. The van der Waals surface area contributed by atoms with Crippen molar-refractivity contribution in [3.05, 3.63) is 29.6 Å². The van der Waals surface area contributed by atoms with E-state index < -0.39 is 21.9 Å². The monoisotopic (exact) mass is 288 g/mol. The van der Waals surface area contributed by atoms with Crippen LogP contribution in [0.2, 0.25) is 0 Å². The average Bonchev–Trinajstić information content (AvgIpc) is 2.32. The zero-order valence-corrected chi connectivity index (χ0v) is 11.7. The summed E-state index contributed by atoms with van der Waals surface area (Å²) in [5, 5.41) is 2.41. The van der Waals surface area contributed by atoms with Crippen LogP contribution in [0.15, 0.2) is 23.1 Å². The second-order valence-electron chi connectivity index (χ2n) is 4.13. The SMILES string of the molecule is CCCCNC(=O)NS(=O)(=O)c1ccc(C)c(F)c1. The fraction of sp³-hybridized carbons (Fsp3) is 0.417. The summed E-state index contributed by atoms with van der Waals surface area (Å²) in [6.45, 7) is 3.86. The number of carbonyl (C=O) groups excluding carboxylic acids is 1. The van der Waals surface area contributed by atoms with Gasteiger partial charge in [0.25, 0.3) is 10.0 Å². The second kappa shape index (κ2) is 6.51. The molecule has 0 heterocycles. The van der Waals surface area contributed by atoms with Crippen LogP contribution in [0.3, 0.4) is 0 Å². The van der Waals surface area contributed by atoms with Gasteiger partial charge in [-0.1, -0.05) is 19.4 Å². The molecule has 0 aliphatic heterocycles. The Morgan fingerprint density at radius 3 is 2.63 bits per heavy atom. The molecule has 0 radical (unpaired) electrons. The Kier molecular flexibility index (Phi) is 5.29. The summed E-state index contributed by atoms with van der Waals surface area (Å²) < 4.78 is 38.7. The van der Waals surface area contributed by atoms with Crippen molar-refractivity contribution >= 4 is 16.1 Å². The van der Waals surface area contributed by atoms with E-state index in [2.05, 4.69) is 5.32 Å². The molecule has 0 unspecified atom stereocenters. The molecule has 0 fully saturated rings. The molecule has 1 rings (SSSR count). The lowest BCUT2D eigenvalue weighted by Gasteiger charge is -2.08. The number of nitrogens with one attached hydrogen (secondary N) is 2. The van der Waals surface area contributed by atoms with Gasteiger partial charge in [0.05, 0.1) is 4.90 Å². The molecule has 2 N–H and O–H groups in total. The molecule has 106 valence electrons. The van der Waals surface area contributed by atoms with Crippen molar-refractivity contribution in [2.45, 2.75) is 31.6 Å². The maximum absolute atomic E-state index is 13.3. The standard InChI is InChI=1S/C12H17FN2O3S/c1-3-4-7-14-12(16)15-19(17,18)10-6-5-9(2)11(13)8-10/h5-6,8H,3-4,7H2,1-2H3,(H2,14,15,16). The van der Waals surface area contributed by atoms with Crippen LogP contribution < -0.4 is 10.0 Å². The van der Waals surface area contributed by atoms with Gasteiger partial charge in [0.2, 0.25) is 0 Å². The minimum Gasteiger partial charge on any atom is -0.337 e. The van der Waals surface area contributed by atoms with Crippen molar-refractivity contribution in [3.8, 4) is 0 Å². The highest BCUT2D eigenvalue weighted by atomic mass is 32.2. The normalized spacial score (nSPS) is 11.1. The number of hydrogen-bond donors (Lipinski definition) is 2. The minimum absolute atomic E-state index is 0.277. The molecule has 0 saturated heterocycles. The number of aryl methyl sites for hydroxylation is 1. The van der Waals surface area contributed by atoms with E-state index in [4.69, 9.17) is 0 Å². The summed E-state index contributed by atoms with van der Waals surface area (Å²) in [6, 6.07) is 2.67. The highest BCUT2D eigenvalue weighted by Gasteiger charge is 2.18. The molecule has 2 amide bonds. The Balaban J connectivity index is 2.75. The fourth-order valence-electron chi connectivity index (χ4n) is 1.34. The maximum Gasteiger partial charge on any atom is 0.328 e. The molecule has 0 spiro atoms. The first-order valence-electron chi connectivity index (χ1n) is 5.93. The molecule has 1 aromatic rings. The smallest absolute Gasteiger partial charge is 0.328 e. The Hall–Kier alpha value is -1.63. The number of benzene rings is 1. The zero-order chi connectivity index (χ0) is 14.5. The third-order valence-electron chi connectivity index (χ3n) is 2.50. The van der Waals surface area contributed by atoms with Crippen LogP contribution in [0.1, 0.15) is 25.3 Å². The third-order valence-corrected chi connectivity index (χ3v) is 3.83. The van der Waals surface area contributed by atoms with Crippen LogP contribution >= 0.6 is 0 Å². The van der Waals surface area contributed by atoms with Crippen molar-refractivity contribution in [1.29, 1.82) is 0 Å². The largest absolute Gasteiger partial charge is 0.337 e. The van der Waals surface area contributed by atoms with Crippen LogP contribution in [-0.2, 0) is 10.0 Å². The number of halogens is 1. The van der Waals surface area contributed by atoms with Gasteiger partial charge < -0.3 is 5.32 Å². The highest BCUT2D eigenvalue weighted by Crippen LogP contribution is 2.13. The van der Waals surface area contributed by atoms with Gasteiger partial charge in [0.1, 0.15) is 5.82 Å². The molecule has 0 saturated carbocycles. The van der Waals surface area contributed by atoms with Gasteiger partial charge in [0.15, 0.2) is 0 Å². The second-order valence-corrected chi connectivity index (χ2v) is 5.81. The molecule has 0 aromatic heterocycles. The van der Waals surface area contributed by atoms with E-state index in [1.54, 1.807) is 0 Å². The summed E-state index contributed by atoms with van der Waals surface area (Å²) in [5.41, 5.74) is 0.339. The van der Waals surface area contributed by atoms with Crippen LogP contribution in [-0.4, -0.2) is 21.0 Å². The summed E-state index contributed by atoms with van der Waals surface area (Å²) in [5.74, 6) is -0.630. The molecule has 0 atom stereocenters. The van der Waals surface area contributed by atoms with Crippen molar-refractivity contribution in [1.82, 2.24) is 10.0 Å². The topological polar surface area (TPSA) is 75.3 Å². The first-order valence-corrected chi connectivity index (χ1v) is 7.42. The van der Waals surface area contributed by atoms with Crippen LogP contribution in [0.25, 0.3) is 0 Å². The number of rotatable bonds is 5. The zero-order valence-electron chi connectivity index (χ0n) is 10.9. The lowest BCUT2D eigenvalue weighted by molar-refractivity contribution is 0.245. The Labute approximate surface area is 112 Å². The van der Waals surface area contributed by atoms with E-state index in [1.165, 1.54) is 19.1 Å². The Morgan fingerprint density at radius 2 is 2.05 bits per heavy atom. The quantitative estimate of drug-likeness (QED) is 0.813. The number of unbranched alkanes of at least 4 members (excludes halogenated alkanes) is 1.